The van der Waals surface area contributed by atoms with Crippen molar-refractivity contribution in [3.8, 4) is 0 Å². The minimum absolute atomic E-state index is 0.190. The van der Waals surface area contributed by atoms with Gasteiger partial charge in [0.1, 0.15) is 0 Å². The molecule has 5 heteroatoms. The van der Waals surface area contributed by atoms with Crippen LogP contribution in [0, 0.1) is 5.92 Å². The first-order chi connectivity index (χ1) is 12.1. The van der Waals surface area contributed by atoms with Gasteiger partial charge in [-0.2, -0.15) is 0 Å². The highest BCUT2D eigenvalue weighted by Crippen LogP contribution is 2.30. The van der Waals surface area contributed by atoms with Gasteiger partial charge in [0, 0.05) is 39.1 Å². The molecule has 0 N–H and O–H groups in total. The fourth-order valence-corrected chi connectivity index (χ4v) is 5.22. The molecule has 1 aliphatic carbocycles. The predicted molar refractivity (Wildman–Crippen MR) is 99.2 cm³/mol. The van der Waals surface area contributed by atoms with Crippen LogP contribution < -0.4 is 0 Å². The number of carbonyl (C=O) groups is 2. The van der Waals surface area contributed by atoms with Crippen LogP contribution in [0.25, 0.3) is 0 Å². The van der Waals surface area contributed by atoms with Crippen molar-refractivity contribution in [2.24, 2.45) is 5.92 Å². The number of likely N-dealkylation sites (N-methyl/N-ethyl adjacent to an activating group) is 1. The van der Waals surface area contributed by atoms with Crippen molar-refractivity contribution in [3.63, 3.8) is 0 Å². The van der Waals surface area contributed by atoms with E-state index in [2.05, 4.69) is 4.90 Å². The Kier molecular flexibility index (Phi) is 6.37. The van der Waals surface area contributed by atoms with E-state index < -0.39 is 0 Å². The van der Waals surface area contributed by atoms with Crippen molar-refractivity contribution in [3.05, 3.63) is 0 Å². The molecule has 142 valence electrons. The summed E-state index contributed by atoms with van der Waals surface area (Å²) in [4.78, 5) is 31.0. The average molecular weight is 350 g/mol. The van der Waals surface area contributed by atoms with E-state index in [9.17, 15) is 9.59 Å². The first-order valence-corrected chi connectivity index (χ1v) is 10.3. The fourth-order valence-electron chi connectivity index (χ4n) is 5.22. The van der Waals surface area contributed by atoms with Crippen LogP contribution in [0.1, 0.15) is 64.7 Å². The Morgan fingerprint density at radius 2 is 1.60 bits per heavy atom. The molecule has 3 aliphatic rings. The molecule has 0 bridgehead atoms. The summed E-state index contributed by atoms with van der Waals surface area (Å²) in [5.41, 5.74) is 0. The molecule has 0 radical (unpaired) electrons. The molecule has 2 atom stereocenters. The Hall–Kier alpha value is -1.10. The zero-order chi connectivity index (χ0) is 17.8. The molecule has 3 rings (SSSR count). The molecule has 2 heterocycles. The highest BCUT2D eigenvalue weighted by atomic mass is 16.2. The number of nitrogens with zero attached hydrogens (tertiary/aromatic N) is 3. The number of rotatable bonds is 5. The van der Waals surface area contributed by atoms with E-state index in [0.717, 1.165) is 45.3 Å². The lowest BCUT2D eigenvalue weighted by Gasteiger charge is -2.35. The van der Waals surface area contributed by atoms with Gasteiger partial charge in [0.05, 0.1) is 6.54 Å². The summed E-state index contributed by atoms with van der Waals surface area (Å²) in [5, 5.41) is 0. The highest BCUT2D eigenvalue weighted by Gasteiger charge is 2.39. The van der Waals surface area contributed by atoms with Crippen LogP contribution in [-0.4, -0.2) is 71.8 Å². The van der Waals surface area contributed by atoms with Gasteiger partial charge in [-0.05, 0) is 51.0 Å². The topological polar surface area (TPSA) is 43.9 Å². The molecule has 0 spiro atoms. The average Bonchev–Trinajstić information content (AvgIpc) is 3.24. The maximum Gasteiger partial charge on any atom is 0.236 e. The maximum absolute atomic E-state index is 12.8. The van der Waals surface area contributed by atoms with E-state index in [1.54, 1.807) is 6.92 Å². The summed E-state index contributed by atoms with van der Waals surface area (Å²) < 4.78 is 0. The second-order valence-electron chi connectivity index (χ2n) is 8.38. The second kappa shape index (κ2) is 8.52. The van der Waals surface area contributed by atoms with Crippen molar-refractivity contribution in [2.45, 2.75) is 76.8 Å². The molecule has 2 unspecified atom stereocenters. The van der Waals surface area contributed by atoms with Gasteiger partial charge in [-0.15, -0.1) is 0 Å². The molecule has 1 saturated carbocycles. The van der Waals surface area contributed by atoms with Gasteiger partial charge >= 0.3 is 0 Å². The minimum atomic E-state index is 0.190. The molecule has 0 aromatic carbocycles. The summed E-state index contributed by atoms with van der Waals surface area (Å²) in [7, 11) is 1.97. The molecule has 3 fully saturated rings. The third-order valence-corrected chi connectivity index (χ3v) is 6.58. The summed E-state index contributed by atoms with van der Waals surface area (Å²) >= 11 is 0. The monoisotopic (exact) mass is 349 g/mol. The van der Waals surface area contributed by atoms with Crippen molar-refractivity contribution >= 4 is 11.8 Å². The lowest BCUT2D eigenvalue weighted by Crippen LogP contribution is -2.50. The zero-order valence-corrected chi connectivity index (χ0v) is 16.1. The summed E-state index contributed by atoms with van der Waals surface area (Å²) in [6.07, 6.45) is 11.0. The number of hydrogen-bond donors (Lipinski definition) is 0. The summed E-state index contributed by atoms with van der Waals surface area (Å²) in [5.74, 6) is 1.14. The first kappa shape index (κ1) is 18.7. The summed E-state index contributed by atoms with van der Waals surface area (Å²) in [6.45, 7) is 5.01. The van der Waals surface area contributed by atoms with Crippen molar-refractivity contribution in [1.29, 1.82) is 0 Å². The van der Waals surface area contributed by atoms with Gasteiger partial charge in [-0.25, -0.2) is 0 Å². The molecule has 5 nitrogen and oxygen atoms in total. The standard InChI is InChI=1S/C20H35N3O2/c1-16(24)23-13-7-11-19(23)18-10-6-12-22(18)15-20(25)21(2)14-17-8-4-3-5-9-17/h17-19H,3-15H2,1-2H3. The molecule has 0 aromatic rings. The van der Waals surface area contributed by atoms with Crippen LogP contribution in [0.3, 0.4) is 0 Å². The number of amides is 2. The van der Waals surface area contributed by atoms with Crippen molar-refractivity contribution < 1.29 is 9.59 Å². The van der Waals surface area contributed by atoms with Crippen LogP contribution in [0.4, 0.5) is 0 Å². The van der Waals surface area contributed by atoms with E-state index >= 15 is 0 Å². The lowest BCUT2D eigenvalue weighted by atomic mass is 9.89. The first-order valence-electron chi connectivity index (χ1n) is 10.3. The van der Waals surface area contributed by atoms with E-state index in [-0.39, 0.29) is 11.8 Å². The van der Waals surface area contributed by atoms with Crippen LogP contribution >= 0.6 is 0 Å². The van der Waals surface area contributed by atoms with E-state index in [1.165, 1.54) is 32.1 Å². The van der Waals surface area contributed by atoms with E-state index in [4.69, 9.17) is 0 Å². The number of likely N-dealkylation sites (tertiary alicyclic amines) is 2. The Bertz CT molecular complexity index is 476. The molecular weight excluding hydrogens is 314 g/mol. The van der Waals surface area contributed by atoms with Gasteiger partial charge in [0.25, 0.3) is 0 Å². The second-order valence-corrected chi connectivity index (χ2v) is 8.38. The van der Waals surface area contributed by atoms with Crippen molar-refractivity contribution in [1.82, 2.24) is 14.7 Å². The number of hydrogen-bond acceptors (Lipinski definition) is 3. The van der Waals surface area contributed by atoms with Gasteiger partial charge in [-0.3, -0.25) is 14.5 Å². The molecule has 2 amide bonds. The third kappa shape index (κ3) is 4.55. The molecule has 25 heavy (non-hydrogen) atoms. The van der Waals surface area contributed by atoms with Gasteiger partial charge in [0.15, 0.2) is 0 Å². The largest absolute Gasteiger partial charge is 0.344 e. The van der Waals surface area contributed by atoms with E-state index in [1.807, 2.05) is 16.8 Å². The van der Waals surface area contributed by atoms with Gasteiger partial charge < -0.3 is 9.80 Å². The van der Waals surface area contributed by atoms with Gasteiger partial charge in [0.2, 0.25) is 11.8 Å². The van der Waals surface area contributed by atoms with E-state index in [0.29, 0.717) is 24.5 Å². The molecule has 2 saturated heterocycles. The number of carbonyl (C=O) groups excluding carboxylic acids is 2. The molecule has 2 aliphatic heterocycles. The Balaban J connectivity index is 1.53. The van der Waals surface area contributed by atoms with Gasteiger partial charge in [-0.1, -0.05) is 19.3 Å². The smallest absolute Gasteiger partial charge is 0.236 e. The summed E-state index contributed by atoms with van der Waals surface area (Å²) in [6, 6.07) is 0.690. The SMILES string of the molecule is CC(=O)N1CCCC1C1CCCN1CC(=O)N(C)CC1CCCCC1. The van der Waals surface area contributed by atoms with Crippen LogP contribution in [0.5, 0.6) is 0 Å². The quantitative estimate of drug-likeness (QED) is 0.766. The van der Waals surface area contributed by atoms with Crippen molar-refractivity contribution in [2.75, 3.05) is 33.2 Å². The molecule has 0 aromatic heterocycles. The fraction of sp³-hybridized carbons (Fsp3) is 0.900. The minimum Gasteiger partial charge on any atom is -0.344 e. The zero-order valence-electron chi connectivity index (χ0n) is 16.1. The van der Waals surface area contributed by atoms with Crippen LogP contribution in [0.2, 0.25) is 0 Å². The lowest BCUT2D eigenvalue weighted by molar-refractivity contribution is -0.133. The predicted octanol–water partition coefficient (Wildman–Crippen LogP) is 2.50. The Morgan fingerprint density at radius 1 is 0.920 bits per heavy atom. The highest BCUT2D eigenvalue weighted by molar-refractivity contribution is 5.78. The Labute approximate surface area is 152 Å². The normalized spacial score (nSPS) is 28.5. The third-order valence-electron chi connectivity index (χ3n) is 6.58. The van der Waals surface area contributed by atoms with Crippen LogP contribution in [-0.2, 0) is 9.59 Å². The van der Waals surface area contributed by atoms with Crippen LogP contribution in [0.15, 0.2) is 0 Å². The molecular formula is C20H35N3O2. The Morgan fingerprint density at radius 3 is 2.32 bits per heavy atom. The maximum atomic E-state index is 12.8.